The van der Waals surface area contributed by atoms with Crippen LogP contribution in [0.4, 0.5) is 9.93 Å². The van der Waals surface area contributed by atoms with Crippen LogP contribution in [0.3, 0.4) is 0 Å². The van der Waals surface area contributed by atoms with Gasteiger partial charge in [-0.1, -0.05) is 23.5 Å². The van der Waals surface area contributed by atoms with E-state index in [1.54, 1.807) is 45.9 Å². The molecular weight excluding hydrogens is 448 g/mol. The molecule has 2 aromatic rings. The normalized spacial score (nSPS) is 11.9. The lowest BCUT2D eigenvalue weighted by atomic mass is 10.1. The highest BCUT2D eigenvalue weighted by atomic mass is 32.1. The van der Waals surface area contributed by atoms with E-state index in [1.807, 2.05) is 6.07 Å². The number of aromatic hydroxyl groups is 1. The average molecular weight is 479 g/mol. The van der Waals surface area contributed by atoms with Gasteiger partial charge in [0.05, 0.1) is 19.3 Å². The topological polar surface area (TPSA) is 139 Å². The maximum absolute atomic E-state index is 12.8. The zero-order valence-electron chi connectivity index (χ0n) is 19.4. The molecule has 1 heterocycles. The molecule has 1 aromatic carbocycles. The van der Waals surface area contributed by atoms with Gasteiger partial charge in [0, 0.05) is 6.54 Å². The summed E-state index contributed by atoms with van der Waals surface area (Å²) in [6.07, 6.45) is -0.0483. The Bertz CT molecular complexity index is 986. The number of carbonyl (C=O) groups is 3. The molecule has 0 aliphatic rings. The van der Waals surface area contributed by atoms with Gasteiger partial charge >= 0.3 is 12.1 Å². The molecule has 10 nitrogen and oxygen atoms in total. The number of anilines is 1. The molecule has 1 atom stereocenters. The Morgan fingerprint density at radius 1 is 1.24 bits per heavy atom. The number of amides is 2. The molecule has 0 aliphatic heterocycles. The molecule has 0 fully saturated rings. The standard InChI is InChI=1S/C22H30N4O6S/c1-13-17(33-20(25-13)23-10-9-14-7-6-8-15(27)11-14)18(28)26-16(19(29)31-5)12-24-21(30)32-22(2,3)4/h6-8,11,16,27H,9-10,12H2,1-5H3,(H,23,25)(H,24,30)(H,26,28). The minimum absolute atomic E-state index is 0.194. The Morgan fingerprint density at radius 2 is 1.97 bits per heavy atom. The van der Waals surface area contributed by atoms with E-state index in [0.717, 1.165) is 16.9 Å². The number of alkyl carbamates (subject to hydrolysis) is 1. The minimum atomic E-state index is -1.10. The van der Waals surface area contributed by atoms with Crippen LogP contribution in [0.25, 0.3) is 0 Å². The number of hydrogen-bond donors (Lipinski definition) is 4. The zero-order chi connectivity index (χ0) is 24.6. The molecule has 0 saturated heterocycles. The van der Waals surface area contributed by atoms with Crippen LogP contribution in [-0.4, -0.2) is 59.9 Å². The molecule has 0 aliphatic carbocycles. The molecule has 2 rings (SSSR count). The minimum Gasteiger partial charge on any atom is -0.508 e. The van der Waals surface area contributed by atoms with Gasteiger partial charge < -0.3 is 30.5 Å². The van der Waals surface area contributed by atoms with Gasteiger partial charge in [-0.3, -0.25) is 4.79 Å². The number of aryl methyl sites for hydroxylation is 1. The number of nitrogens with one attached hydrogen (secondary N) is 3. The van der Waals surface area contributed by atoms with Crippen molar-refractivity contribution in [2.24, 2.45) is 0 Å². The highest BCUT2D eigenvalue weighted by molar-refractivity contribution is 7.17. The number of hydrogen-bond acceptors (Lipinski definition) is 9. The second-order valence-electron chi connectivity index (χ2n) is 8.21. The first-order chi connectivity index (χ1) is 15.5. The first kappa shape index (κ1) is 25.9. The van der Waals surface area contributed by atoms with Gasteiger partial charge in [0.1, 0.15) is 22.3 Å². The number of phenols is 1. The first-order valence-electron chi connectivity index (χ1n) is 10.3. The molecule has 33 heavy (non-hydrogen) atoms. The number of nitrogens with zero attached hydrogens (tertiary/aromatic N) is 1. The number of methoxy groups -OCH3 is 1. The quantitative estimate of drug-likeness (QED) is 0.404. The molecule has 0 saturated carbocycles. The summed E-state index contributed by atoms with van der Waals surface area (Å²) < 4.78 is 9.88. The summed E-state index contributed by atoms with van der Waals surface area (Å²) in [5, 5.41) is 18.3. The van der Waals surface area contributed by atoms with Crippen LogP contribution in [0, 0.1) is 6.92 Å². The third-order valence-electron chi connectivity index (χ3n) is 4.24. The van der Waals surface area contributed by atoms with Crippen molar-refractivity contribution >= 4 is 34.4 Å². The fourth-order valence-electron chi connectivity index (χ4n) is 2.77. The Kier molecular flexibility index (Phi) is 9.03. The Balaban J connectivity index is 1.96. The summed E-state index contributed by atoms with van der Waals surface area (Å²) in [5.74, 6) is -1.00. The number of ether oxygens (including phenoxy) is 2. The number of thiazole rings is 1. The summed E-state index contributed by atoms with van der Waals surface area (Å²) in [4.78, 5) is 41.4. The van der Waals surface area contributed by atoms with Gasteiger partial charge in [0.25, 0.3) is 5.91 Å². The molecule has 1 unspecified atom stereocenters. The van der Waals surface area contributed by atoms with Crippen molar-refractivity contribution in [1.82, 2.24) is 15.6 Å². The second kappa shape index (κ2) is 11.5. The summed E-state index contributed by atoms with van der Waals surface area (Å²) in [6, 6.07) is 5.88. The van der Waals surface area contributed by atoms with Crippen LogP contribution in [0.5, 0.6) is 5.75 Å². The maximum Gasteiger partial charge on any atom is 0.407 e. The third-order valence-corrected chi connectivity index (χ3v) is 5.36. The van der Waals surface area contributed by atoms with Crippen LogP contribution in [0.15, 0.2) is 24.3 Å². The lowest BCUT2D eigenvalue weighted by Gasteiger charge is -2.21. The molecule has 0 spiro atoms. The van der Waals surface area contributed by atoms with Crippen LogP contribution >= 0.6 is 11.3 Å². The van der Waals surface area contributed by atoms with Gasteiger partial charge in [0.2, 0.25) is 0 Å². The fraction of sp³-hybridized carbons (Fsp3) is 0.455. The van der Waals surface area contributed by atoms with Gasteiger partial charge in [0.15, 0.2) is 5.13 Å². The van der Waals surface area contributed by atoms with Crippen LogP contribution in [0.2, 0.25) is 0 Å². The van der Waals surface area contributed by atoms with E-state index in [-0.39, 0.29) is 12.3 Å². The fourth-order valence-corrected chi connectivity index (χ4v) is 3.66. The zero-order valence-corrected chi connectivity index (χ0v) is 20.2. The highest BCUT2D eigenvalue weighted by Crippen LogP contribution is 2.23. The molecular formula is C22H30N4O6S. The lowest BCUT2D eigenvalue weighted by Crippen LogP contribution is -2.49. The number of rotatable bonds is 9. The summed E-state index contributed by atoms with van der Waals surface area (Å²) in [5.41, 5.74) is 0.770. The van der Waals surface area contributed by atoms with Gasteiger partial charge in [-0.15, -0.1) is 0 Å². The Morgan fingerprint density at radius 3 is 2.61 bits per heavy atom. The third kappa shape index (κ3) is 8.60. The van der Waals surface area contributed by atoms with Crippen molar-refractivity contribution in [1.29, 1.82) is 0 Å². The van der Waals surface area contributed by atoms with Crippen LogP contribution in [-0.2, 0) is 20.7 Å². The van der Waals surface area contributed by atoms with E-state index in [0.29, 0.717) is 28.7 Å². The second-order valence-corrected chi connectivity index (χ2v) is 9.21. The van der Waals surface area contributed by atoms with Crippen molar-refractivity contribution < 1.29 is 29.0 Å². The average Bonchev–Trinajstić information content (AvgIpc) is 3.09. The molecule has 0 radical (unpaired) electrons. The Hall–Kier alpha value is -3.34. The molecule has 2 amide bonds. The molecule has 1 aromatic heterocycles. The van der Waals surface area contributed by atoms with Crippen LogP contribution in [0.1, 0.15) is 41.7 Å². The molecule has 180 valence electrons. The van der Waals surface area contributed by atoms with Gasteiger partial charge in [-0.2, -0.15) is 0 Å². The van der Waals surface area contributed by atoms with E-state index in [9.17, 15) is 19.5 Å². The van der Waals surface area contributed by atoms with Crippen molar-refractivity contribution in [3.05, 3.63) is 40.4 Å². The summed E-state index contributed by atoms with van der Waals surface area (Å²) >= 11 is 1.15. The van der Waals surface area contributed by atoms with Gasteiger partial charge in [-0.05, 0) is 51.8 Å². The predicted molar refractivity (Wildman–Crippen MR) is 125 cm³/mol. The number of benzene rings is 1. The highest BCUT2D eigenvalue weighted by Gasteiger charge is 2.26. The van der Waals surface area contributed by atoms with E-state index >= 15 is 0 Å². The smallest absolute Gasteiger partial charge is 0.407 e. The van der Waals surface area contributed by atoms with Crippen molar-refractivity contribution in [2.75, 3.05) is 25.5 Å². The van der Waals surface area contributed by atoms with Crippen molar-refractivity contribution in [3.8, 4) is 5.75 Å². The number of esters is 1. The lowest BCUT2D eigenvalue weighted by molar-refractivity contribution is -0.142. The van der Waals surface area contributed by atoms with E-state index in [1.165, 1.54) is 7.11 Å². The number of aromatic nitrogens is 1. The molecule has 4 N–H and O–H groups in total. The maximum atomic E-state index is 12.8. The van der Waals surface area contributed by atoms with Crippen LogP contribution < -0.4 is 16.0 Å². The van der Waals surface area contributed by atoms with Crippen molar-refractivity contribution in [3.63, 3.8) is 0 Å². The predicted octanol–water partition coefficient (Wildman–Crippen LogP) is 2.61. The largest absolute Gasteiger partial charge is 0.508 e. The summed E-state index contributed by atoms with van der Waals surface area (Å²) in [7, 11) is 1.20. The SMILES string of the molecule is COC(=O)C(CNC(=O)OC(C)(C)C)NC(=O)c1sc(NCCc2cccc(O)c2)nc1C. The van der Waals surface area contributed by atoms with E-state index in [4.69, 9.17) is 9.47 Å². The monoisotopic (exact) mass is 478 g/mol. The summed E-state index contributed by atoms with van der Waals surface area (Å²) in [6.45, 7) is 7.20. The van der Waals surface area contributed by atoms with E-state index < -0.39 is 29.6 Å². The first-order valence-corrected chi connectivity index (χ1v) is 11.1. The van der Waals surface area contributed by atoms with E-state index in [2.05, 4.69) is 20.9 Å². The Labute approximate surface area is 196 Å². The molecule has 0 bridgehead atoms. The number of carbonyl (C=O) groups excluding carboxylic acids is 3. The van der Waals surface area contributed by atoms with Crippen molar-refractivity contribution in [2.45, 2.75) is 45.8 Å². The van der Waals surface area contributed by atoms with Gasteiger partial charge in [-0.25, -0.2) is 14.6 Å². The molecule has 11 heteroatoms. The number of phenolic OH excluding ortho intramolecular Hbond substituents is 1.